The summed E-state index contributed by atoms with van der Waals surface area (Å²) in [7, 11) is 0. The van der Waals surface area contributed by atoms with E-state index in [2.05, 4.69) is 10.4 Å². The minimum Gasteiger partial charge on any atom is -0.423 e. The number of fused-ring (bicyclic) bond motifs is 1. The van der Waals surface area contributed by atoms with E-state index in [1.807, 2.05) is 27.7 Å². The minimum absolute atomic E-state index is 0.123. The second kappa shape index (κ2) is 7.80. The topological polar surface area (TPSA) is 86.1 Å². The third-order valence-electron chi connectivity index (χ3n) is 4.27. The summed E-state index contributed by atoms with van der Waals surface area (Å²) in [6.45, 7) is 9.53. The van der Waals surface area contributed by atoms with Gasteiger partial charge in [-0.2, -0.15) is 5.10 Å². The predicted octanol–water partition coefficient (Wildman–Crippen LogP) is 4.31. The number of esters is 1. The lowest BCUT2D eigenvalue weighted by atomic mass is 10.1. The number of aromatic nitrogens is 3. The Bertz CT molecular complexity index is 1020. The Hall–Kier alpha value is -3.22. The summed E-state index contributed by atoms with van der Waals surface area (Å²) in [5.74, 6) is -0.0769. The first-order valence-corrected chi connectivity index (χ1v) is 9.24. The third kappa shape index (κ3) is 4.03. The number of carbonyl (C=O) groups excluding carboxylic acids is 2. The third-order valence-corrected chi connectivity index (χ3v) is 4.27. The summed E-state index contributed by atoms with van der Waals surface area (Å²) in [6.07, 6.45) is 1.66. The molecule has 3 rings (SSSR count). The monoisotopic (exact) mass is 380 g/mol. The molecule has 0 radical (unpaired) electrons. The summed E-state index contributed by atoms with van der Waals surface area (Å²) >= 11 is 0. The van der Waals surface area contributed by atoms with Gasteiger partial charge in [-0.05, 0) is 50.1 Å². The van der Waals surface area contributed by atoms with Crippen molar-refractivity contribution in [3.63, 3.8) is 0 Å². The number of nitrogens with zero attached hydrogens (tertiary/aromatic N) is 3. The Kier molecular flexibility index (Phi) is 5.44. The standard InChI is InChI=1S/C21H24N4O3/c1-12(2)19-10-17(18-11-22-25(13(3)4)20(18)24-19)21(27)28-16-8-6-15(7-9-16)23-14(5)26/h6-13H,1-5H3,(H,23,26). The van der Waals surface area contributed by atoms with E-state index in [1.54, 1.807) is 41.2 Å². The van der Waals surface area contributed by atoms with E-state index in [4.69, 9.17) is 9.72 Å². The van der Waals surface area contributed by atoms with Crippen molar-refractivity contribution in [3.05, 3.63) is 47.8 Å². The fourth-order valence-corrected chi connectivity index (χ4v) is 2.85. The molecule has 2 aromatic heterocycles. The molecule has 1 amide bonds. The van der Waals surface area contributed by atoms with Gasteiger partial charge in [0.1, 0.15) is 5.75 Å². The first kappa shape index (κ1) is 19.5. The van der Waals surface area contributed by atoms with Gasteiger partial charge in [-0.3, -0.25) is 4.79 Å². The molecule has 28 heavy (non-hydrogen) atoms. The molecule has 0 bridgehead atoms. The van der Waals surface area contributed by atoms with Crippen molar-refractivity contribution in [2.24, 2.45) is 0 Å². The number of pyridine rings is 1. The highest BCUT2D eigenvalue weighted by Gasteiger charge is 2.20. The van der Waals surface area contributed by atoms with E-state index in [9.17, 15) is 9.59 Å². The molecular formula is C21H24N4O3. The number of nitrogens with one attached hydrogen (secondary N) is 1. The number of amides is 1. The summed E-state index contributed by atoms with van der Waals surface area (Å²) in [5.41, 5.74) is 2.56. The Morgan fingerprint density at radius 2 is 1.79 bits per heavy atom. The summed E-state index contributed by atoms with van der Waals surface area (Å²) in [5, 5.41) is 7.73. The number of rotatable bonds is 5. The Morgan fingerprint density at radius 3 is 2.36 bits per heavy atom. The zero-order valence-electron chi connectivity index (χ0n) is 16.7. The van der Waals surface area contributed by atoms with Crippen molar-refractivity contribution in [1.29, 1.82) is 0 Å². The molecule has 7 nitrogen and oxygen atoms in total. The van der Waals surface area contributed by atoms with E-state index < -0.39 is 5.97 Å². The minimum atomic E-state index is -0.468. The predicted molar refractivity (Wildman–Crippen MR) is 108 cm³/mol. The van der Waals surface area contributed by atoms with Crippen LogP contribution in [0.5, 0.6) is 5.75 Å². The highest BCUT2D eigenvalue weighted by molar-refractivity contribution is 6.03. The van der Waals surface area contributed by atoms with Crippen LogP contribution in [-0.4, -0.2) is 26.6 Å². The van der Waals surface area contributed by atoms with Crippen LogP contribution in [0.25, 0.3) is 11.0 Å². The number of anilines is 1. The number of carbonyl (C=O) groups is 2. The van der Waals surface area contributed by atoms with Gasteiger partial charge in [0.15, 0.2) is 5.65 Å². The fourth-order valence-electron chi connectivity index (χ4n) is 2.85. The molecule has 0 aliphatic rings. The van der Waals surface area contributed by atoms with Gasteiger partial charge in [0.2, 0.25) is 5.91 Å². The lowest BCUT2D eigenvalue weighted by Crippen LogP contribution is -2.12. The molecule has 7 heteroatoms. The summed E-state index contributed by atoms with van der Waals surface area (Å²) in [4.78, 5) is 28.7. The van der Waals surface area contributed by atoms with Crippen LogP contribution in [0.1, 0.15) is 62.6 Å². The zero-order chi connectivity index (χ0) is 20.4. The molecule has 0 atom stereocenters. The van der Waals surface area contributed by atoms with Crippen LogP contribution >= 0.6 is 0 Å². The van der Waals surface area contributed by atoms with Crippen molar-refractivity contribution >= 4 is 28.6 Å². The van der Waals surface area contributed by atoms with Crippen molar-refractivity contribution in [2.45, 2.75) is 46.6 Å². The molecule has 146 valence electrons. The number of hydrogen-bond donors (Lipinski definition) is 1. The van der Waals surface area contributed by atoms with E-state index >= 15 is 0 Å². The van der Waals surface area contributed by atoms with Crippen LogP contribution < -0.4 is 10.1 Å². The first-order chi connectivity index (χ1) is 13.3. The largest absolute Gasteiger partial charge is 0.423 e. The number of hydrogen-bond acceptors (Lipinski definition) is 5. The van der Waals surface area contributed by atoms with Crippen LogP contribution in [0.2, 0.25) is 0 Å². The fraction of sp³-hybridized carbons (Fsp3) is 0.333. The van der Waals surface area contributed by atoms with Gasteiger partial charge in [-0.25, -0.2) is 14.5 Å². The normalized spacial score (nSPS) is 11.2. The Balaban J connectivity index is 1.95. The van der Waals surface area contributed by atoms with Crippen LogP contribution in [0.4, 0.5) is 5.69 Å². The zero-order valence-corrected chi connectivity index (χ0v) is 16.7. The van der Waals surface area contributed by atoms with E-state index in [0.29, 0.717) is 28.0 Å². The second-order valence-corrected chi connectivity index (χ2v) is 7.26. The molecule has 2 heterocycles. The second-order valence-electron chi connectivity index (χ2n) is 7.26. The Labute approximate surface area is 163 Å². The summed E-state index contributed by atoms with van der Waals surface area (Å²) < 4.78 is 7.36. The highest BCUT2D eigenvalue weighted by Crippen LogP contribution is 2.26. The van der Waals surface area contributed by atoms with Gasteiger partial charge in [-0.1, -0.05) is 13.8 Å². The lowest BCUT2D eigenvalue weighted by Gasteiger charge is -2.12. The first-order valence-electron chi connectivity index (χ1n) is 9.24. The summed E-state index contributed by atoms with van der Waals surface area (Å²) in [6, 6.07) is 8.54. The SMILES string of the molecule is CC(=O)Nc1ccc(OC(=O)c2cc(C(C)C)nc3c2cnn3C(C)C)cc1. The van der Waals surface area contributed by atoms with Crippen molar-refractivity contribution in [1.82, 2.24) is 14.8 Å². The Morgan fingerprint density at radius 1 is 1.11 bits per heavy atom. The molecule has 3 aromatic rings. The van der Waals surface area contributed by atoms with Gasteiger partial charge in [0, 0.05) is 24.3 Å². The quantitative estimate of drug-likeness (QED) is 0.526. The maximum absolute atomic E-state index is 12.9. The number of ether oxygens (including phenoxy) is 1. The molecule has 1 aromatic carbocycles. The van der Waals surface area contributed by atoms with Gasteiger partial charge >= 0.3 is 5.97 Å². The van der Waals surface area contributed by atoms with Crippen LogP contribution in [0.3, 0.4) is 0 Å². The van der Waals surface area contributed by atoms with Crippen LogP contribution in [0, 0.1) is 0 Å². The molecular weight excluding hydrogens is 356 g/mol. The maximum atomic E-state index is 12.9. The smallest absolute Gasteiger partial charge is 0.344 e. The van der Waals surface area contributed by atoms with Gasteiger partial charge in [0.25, 0.3) is 0 Å². The van der Waals surface area contributed by atoms with Crippen molar-refractivity contribution < 1.29 is 14.3 Å². The molecule has 0 unspecified atom stereocenters. The average Bonchev–Trinajstić information content (AvgIpc) is 3.06. The molecule has 0 aliphatic carbocycles. The van der Waals surface area contributed by atoms with Gasteiger partial charge in [-0.15, -0.1) is 0 Å². The average molecular weight is 380 g/mol. The van der Waals surface area contributed by atoms with Crippen LogP contribution in [-0.2, 0) is 4.79 Å². The van der Waals surface area contributed by atoms with Gasteiger partial charge in [0.05, 0.1) is 17.1 Å². The molecule has 0 saturated carbocycles. The number of benzene rings is 1. The van der Waals surface area contributed by atoms with E-state index in [1.165, 1.54) is 6.92 Å². The van der Waals surface area contributed by atoms with Crippen molar-refractivity contribution in [2.75, 3.05) is 5.32 Å². The molecule has 0 saturated heterocycles. The molecule has 0 spiro atoms. The molecule has 0 aliphatic heterocycles. The van der Waals surface area contributed by atoms with Crippen LogP contribution in [0.15, 0.2) is 36.5 Å². The molecule has 1 N–H and O–H groups in total. The maximum Gasteiger partial charge on any atom is 0.344 e. The highest BCUT2D eigenvalue weighted by atomic mass is 16.5. The molecule has 0 fully saturated rings. The lowest BCUT2D eigenvalue weighted by molar-refractivity contribution is -0.114. The van der Waals surface area contributed by atoms with E-state index in [-0.39, 0.29) is 17.9 Å². The van der Waals surface area contributed by atoms with Crippen molar-refractivity contribution in [3.8, 4) is 5.75 Å². The van der Waals surface area contributed by atoms with Gasteiger partial charge < -0.3 is 10.1 Å². The van der Waals surface area contributed by atoms with E-state index in [0.717, 1.165) is 5.69 Å².